The summed E-state index contributed by atoms with van der Waals surface area (Å²) in [6, 6.07) is 8.16. The second-order valence-electron chi connectivity index (χ2n) is 4.41. The lowest BCUT2D eigenvalue weighted by Crippen LogP contribution is -2.19. The zero-order valence-corrected chi connectivity index (χ0v) is 13.3. The molecule has 0 bridgehead atoms. The van der Waals surface area contributed by atoms with Gasteiger partial charge < -0.3 is 14.0 Å². The molecule has 0 atom stereocenters. The summed E-state index contributed by atoms with van der Waals surface area (Å²) in [4.78, 5) is 2.12. The molecule has 0 saturated carbocycles. The molecule has 1 heterocycles. The van der Waals surface area contributed by atoms with Crippen LogP contribution in [0.15, 0.2) is 46.5 Å². The minimum absolute atomic E-state index is 0.0432. The van der Waals surface area contributed by atoms with Gasteiger partial charge in [0.05, 0.1) is 26.1 Å². The van der Waals surface area contributed by atoms with Crippen molar-refractivity contribution in [2.75, 3.05) is 14.2 Å². The van der Waals surface area contributed by atoms with Crippen molar-refractivity contribution >= 4 is 16.2 Å². The van der Waals surface area contributed by atoms with E-state index in [2.05, 4.69) is 9.93 Å². The molecule has 8 heteroatoms. The van der Waals surface area contributed by atoms with Crippen LogP contribution < -0.4 is 14.3 Å². The van der Waals surface area contributed by atoms with Crippen molar-refractivity contribution in [3.05, 3.63) is 42.2 Å². The van der Waals surface area contributed by atoms with E-state index in [-0.39, 0.29) is 10.6 Å². The van der Waals surface area contributed by atoms with Crippen molar-refractivity contribution < 1.29 is 17.9 Å². The molecular weight excluding hydrogens is 306 g/mol. The van der Waals surface area contributed by atoms with Crippen LogP contribution in [0.1, 0.15) is 5.69 Å². The summed E-state index contributed by atoms with van der Waals surface area (Å²) in [5.74, 6) is 0.620. The average molecular weight is 323 g/mol. The highest BCUT2D eigenvalue weighted by atomic mass is 32.2. The minimum Gasteiger partial charge on any atom is -0.497 e. The molecule has 0 saturated heterocycles. The Bertz CT molecular complexity index is 781. The average Bonchev–Trinajstić information content (AvgIpc) is 2.92. The predicted molar refractivity (Wildman–Crippen MR) is 82.9 cm³/mol. The number of sulfonamides is 1. The van der Waals surface area contributed by atoms with Gasteiger partial charge in [-0.25, -0.2) is 0 Å². The number of nitrogens with one attached hydrogen (secondary N) is 1. The van der Waals surface area contributed by atoms with E-state index in [1.165, 1.54) is 32.6 Å². The molecule has 1 N–H and O–H groups in total. The molecule has 0 spiro atoms. The molecule has 0 aliphatic heterocycles. The first kappa shape index (κ1) is 15.9. The third kappa shape index (κ3) is 3.40. The van der Waals surface area contributed by atoms with Crippen LogP contribution in [0.4, 0.5) is 0 Å². The summed E-state index contributed by atoms with van der Waals surface area (Å²) in [6.45, 7) is 0. The van der Waals surface area contributed by atoms with Crippen molar-refractivity contribution in [2.45, 2.75) is 4.90 Å². The standard InChI is InChI=1S/C14H17N3O4S/c1-17-8-4-5-11(17)10-15-16-22(18,19)14-9-12(20-2)6-7-13(14)21-3/h4-10,16H,1-3H3. The van der Waals surface area contributed by atoms with E-state index in [9.17, 15) is 8.42 Å². The molecule has 0 fully saturated rings. The van der Waals surface area contributed by atoms with Gasteiger partial charge in [0.25, 0.3) is 10.0 Å². The van der Waals surface area contributed by atoms with Crippen LogP contribution in [0.3, 0.4) is 0 Å². The van der Waals surface area contributed by atoms with Crippen LogP contribution >= 0.6 is 0 Å². The maximum absolute atomic E-state index is 12.3. The molecule has 118 valence electrons. The Hall–Kier alpha value is -2.48. The Labute approximate surface area is 129 Å². The number of hydrogen-bond acceptors (Lipinski definition) is 5. The number of nitrogens with zero attached hydrogens (tertiary/aromatic N) is 2. The maximum atomic E-state index is 12.3. The molecule has 0 unspecified atom stereocenters. The Morgan fingerprint density at radius 3 is 2.59 bits per heavy atom. The van der Waals surface area contributed by atoms with Gasteiger partial charge in [0, 0.05) is 19.3 Å². The third-order valence-electron chi connectivity index (χ3n) is 3.01. The van der Waals surface area contributed by atoms with E-state index in [1.54, 1.807) is 6.07 Å². The lowest BCUT2D eigenvalue weighted by molar-refractivity contribution is 0.392. The first-order valence-electron chi connectivity index (χ1n) is 6.36. The van der Waals surface area contributed by atoms with Crippen LogP contribution in [0.2, 0.25) is 0 Å². The molecule has 0 radical (unpaired) electrons. The minimum atomic E-state index is -3.86. The number of hydrogen-bond donors (Lipinski definition) is 1. The monoisotopic (exact) mass is 323 g/mol. The molecule has 0 aliphatic carbocycles. The lowest BCUT2D eigenvalue weighted by Gasteiger charge is -2.10. The Morgan fingerprint density at radius 2 is 2.00 bits per heavy atom. The van der Waals surface area contributed by atoms with Gasteiger partial charge in [0.15, 0.2) is 0 Å². The number of ether oxygens (including phenoxy) is 2. The fourth-order valence-corrected chi connectivity index (χ4v) is 2.79. The molecule has 0 amide bonds. The smallest absolute Gasteiger partial charge is 0.280 e. The van der Waals surface area contributed by atoms with Gasteiger partial charge in [0.1, 0.15) is 16.4 Å². The van der Waals surface area contributed by atoms with Crippen molar-refractivity contribution in [3.8, 4) is 11.5 Å². The quantitative estimate of drug-likeness (QED) is 0.643. The molecule has 22 heavy (non-hydrogen) atoms. The van der Waals surface area contributed by atoms with Crippen LogP contribution in [0.25, 0.3) is 0 Å². The number of benzene rings is 1. The van der Waals surface area contributed by atoms with E-state index < -0.39 is 10.0 Å². The predicted octanol–water partition coefficient (Wildman–Crippen LogP) is 1.35. The van der Waals surface area contributed by atoms with Crippen LogP contribution in [-0.2, 0) is 17.1 Å². The van der Waals surface area contributed by atoms with Crippen LogP contribution in [0.5, 0.6) is 11.5 Å². The summed E-state index contributed by atoms with van der Waals surface area (Å²) in [6.07, 6.45) is 3.26. The normalized spacial score (nSPS) is 11.6. The second kappa shape index (κ2) is 6.52. The summed E-state index contributed by atoms with van der Waals surface area (Å²) in [5, 5.41) is 3.77. The Balaban J connectivity index is 2.27. The van der Waals surface area contributed by atoms with Crippen LogP contribution in [0, 0.1) is 0 Å². The zero-order valence-electron chi connectivity index (χ0n) is 12.5. The van der Waals surface area contributed by atoms with Crippen molar-refractivity contribution in [1.29, 1.82) is 0 Å². The molecular formula is C14H17N3O4S. The van der Waals surface area contributed by atoms with Crippen molar-refractivity contribution in [2.24, 2.45) is 12.1 Å². The van der Waals surface area contributed by atoms with Gasteiger partial charge in [-0.1, -0.05) is 0 Å². The number of aromatic nitrogens is 1. The summed E-state index contributed by atoms with van der Waals surface area (Å²) >= 11 is 0. The number of aryl methyl sites for hydroxylation is 1. The number of methoxy groups -OCH3 is 2. The molecule has 0 aliphatic rings. The number of rotatable bonds is 6. The highest BCUT2D eigenvalue weighted by molar-refractivity contribution is 7.89. The lowest BCUT2D eigenvalue weighted by atomic mass is 10.3. The van der Waals surface area contributed by atoms with Gasteiger partial charge in [-0.2, -0.15) is 18.4 Å². The SMILES string of the molecule is COc1ccc(OC)c(S(=O)(=O)NN=Cc2cccn2C)c1. The summed E-state index contributed by atoms with van der Waals surface area (Å²) in [5.41, 5.74) is 0.764. The van der Waals surface area contributed by atoms with Gasteiger partial charge >= 0.3 is 0 Å². The van der Waals surface area contributed by atoms with E-state index in [4.69, 9.17) is 9.47 Å². The van der Waals surface area contributed by atoms with E-state index in [0.29, 0.717) is 5.75 Å². The molecule has 2 rings (SSSR count). The van der Waals surface area contributed by atoms with Gasteiger partial charge in [-0.3, -0.25) is 0 Å². The topological polar surface area (TPSA) is 81.9 Å². The van der Waals surface area contributed by atoms with Gasteiger partial charge in [-0.05, 0) is 24.3 Å². The summed E-state index contributed by atoms with van der Waals surface area (Å²) < 4.78 is 36.6. The van der Waals surface area contributed by atoms with Gasteiger partial charge in [-0.15, -0.1) is 0 Å². The molecule has 7 nitrogen and oxygen atoms in total. The third-order valence-corrected chi connectivity index (χ3v) is 4.26. The van der Waals surface area contributed by atoms with E-state index in [0.717, 1.165) is 5.69 Å². The second-order valence-corrected chi connectivity index (χ2v) is 6.04. The molecule has 2 aromatic rings. The zero-order chi connectivity index (χ0) is 16.2. The Morgan fingerprint density at radius 1 is 1.23 bits per heavy atom. The fourth-order valence-electron chi connectivity index (χ4n) is 1.81. The fraction of sp³-hybridized carbons (Fsp3) is 0.214. The van der Waals surface area contributed by atoms with Gasteiger partial charge in [0.2, 0.25) is 0 Å². The van der Waals surface area contributed by atoms with Crippen molar-refractivity contribution in [1.82, 2.24) is 9.40 Å². The Kier molecular flexibility index (Phi) is 4.71. The maximum Gasteiger partial charge on any atom is 0.280 e. The van der Waals surface area contributed by atoms with Crippen LogP contribution in [-0.4, -0.2) is 33.4 Å². The summed E-state index contributed by atoms with van der Waals surface area (Å²) in [7, 11) is 0.825. The first-order valence-corrected chi connectivity index (χ1v) is 7.84. The molecule has 1 aromatic carbocycles. The van der Waals surface area contributed by atoms with E-state index in [1.807, 2.05) is 29.9 Å². The largest absolute Gasteiger partial charge is 0.497 e. The highest BCUT2D eigenvalue weighted by Crippen LogP contribution is 2.27. The van der Waals surface area contributed by atoms with Crippen molar-refractivity contribution in [3.63, 3.8) is 0 Å². The first-order chi connectivity index (χ1) is 10.5. The number of hydrazone groups is 1. The molecule has 1 aromatic heterocycles. The van der Waals surface area contributed by atoms with E-state index >= 15 is 0 Å². The highest BCUT2D eigenvalue weighted by Gasteiger charge is 2.19.